The first-order valence-electron chi connectivity index (χ1n) is 6.57. The Balaban J connectivity index is 2.26. The Bertz CT molecular complexity index is 687. The highest BCUT2D eigenvalue weighted by atomic mass is 32.2. The molecule has 0 N–H and O–H groups in total. The Hall–Kier alpha value is -2.25. The van der Waals surface area contributed by atoms with Gasteiger partial charge in [0.05, 0.1) is 24.3 Å². The molecule has 3 nitrogen and oxygen atoms in total. The topological polar surface area (TPSA) is 50.1 Å². The first kappa shape index (κ1) is 15.1. The quantitative estimate of drug-likeness (QED) is 0.799. The van der Waals surface area contributed by atoms with Crippen molar-refractivity contribution in [2.75, 3.05) is 7.11 Å². The maximum atomic E-state index is 11.6. The number of nitrogens with zero attached hydrogens (tertiary/aromatic N) is 1. The van der Waals surface area contributed by atoms with E-state index in [1.54, 1.807) is 30.0 Å². The Morgan fingerprint density at radius 1 is 1.24 bits per heavy atom. The molecule has 0 saturated carbocycles. The highest BCUT2D eigenvalue weighted by Gasteiger charge is 2.10. The van der Waals surface area contributed by atoms with Crippen LogP contribution in [0.15, 0.2) is 52.3 Å². The molecule has 0 aliphatic heterocycles. The van der Waals surface area contributed by atoms with Gasteiger partial charge in [0.15, 0.2) is 0 Å². The van der Waals surface area contributed by atoms with Crippen molar-refractivity contribution in [3.05, 3.63) is 59.2 Å². The number of nitriles is 1. The number of ether oxygens (including phenoxy) is 1. The van der Waals surface area contributed by atoms with E-state index in [0.717, 1.165) is 21.8 Å². The van der Waals surface area contributed by atoms with E-state index < -0.39 is 0 Å². The van der Waals surface area contributed by atoms with E-state index in [0.29, 0.717) is 11.1 Å². The second-order valence-corrected chi connectivity index (χ2v) is 5.52. The minimum absolute atomic E-state index is 0.320. The van der Waals surface area contributed by atoms with Crippen LogP contribution >= 0.6 is 11.8 Å². The Morgan fingerprint density at radius 2 is 1.95 bits per heavy atom. The number of benzene rings is 2. The summed E-state index contributed by atoms with van der Waals surface area (Å²) in [4.78, 5) is 13.7. The summed E-state index contributed by atoms with van der Waals surface area (Å²) in [5.74, 6) is -0.320. The first-order chi connectivity index (χ1) is 10.2. The van der Waals surface area contributed by atoms with Crippen molar-refractivity contribution in [1.82, 2.24) is 0 Å². The fourth-order valence-corrected chi connectivity index (χ4v) is 2.92. The van der Waals surface area contributed by atoms with E-state index in [1.807, 2.05) is 24.3 Å². The Kier molecular flexibility index (Phi) is 5.02. The van der Waals surface area contributed by atoms with Gasteiger partial charge in [-0.2, -0.15) is 5.26 Å². The van der Waals surface area contributed by atoms with Crippen molar-refractivity contribution < 1.29 is 9.53 Å². The van der Waals surface area contributed by atoms with Gasteiger partial charge in [0.2, 0.25) is 0 Å². The number of carbonyl (C=O) groups is 1. The average molecular weight is 297 g/mol. The molecule has 0 atom stereocenters. The predicted octanol–water partition coefficient (Wildman–Crippen LogP) is 4.06. The summed E-state index contributed by atoms with van der Waals surface area (Å²) in [6.07, 6.45) is 0.837. The highest BCUT2D eigenvalue weighted by molar-refractivity contribution is 7.99. The van der Waals surface area contributed by atoms with Crippen molar-refractivity contribution in [2.24, 2.45) is 0 Å². The number of hydrogen-bond acceptors (Lipinski definition) is 4. The second kappa shape index (κ2) is 6.96. The van der Waals surface area contributed by atoms with Crippen molar-refractivity contribution in [1.29, 1.82) is 5.26 Å². The lowest BCUT2D eigenvalue weighted by Crippen LogP contribution is -2.02. The number of methoxy groups -OCH3 is 1. The van der Waals surface area contributed by atoms with E-state index in [1.165, 1.54) is 7.11 Å². The molecule has 0 radical (unpaired) electrons. The fourth-order valence-electron chi connectivity index (χ4n) is 1.92. The molecule has 0 fully saturated rings. The molecule has 0 bridgehead atoms. The lowest BCUT2D eigenvalue weighted by molar-refractivity contribution is 0.0600. The lowest BCUT2D eigenvalue weighted by Gasteiger charge is -2.09. The van der Waals surface area contributed by atoms with Crippen LogP contribution in [0, 0.1) is 11.3 Å². The number of carbonyl (C=O) groups excluding carboxylic acids is 1. The fraction of sp³-hybridized carbons (Fsp3) is 0.176. The van der Waals surface area contributed by atoms with Crippen LogP contribution in [0.3, 0.4) is 0 Å². The van der Waals surface area contributed by atoms with Gasteiger partial charge < -0.3 is 4.74 Å². The summed E-state index contributed by atoms with van der Waals surface area (Å²) in [6.45, 7) is 2.05. The van der Waals surface area contributed by atoms with Crippen LogP contribution in [-0.4, -0.2) is 13.1 Å². The van der Waals surface area contributed by atoms with Crippen LogP contribution in [0.4, 0.5) is 0 Å². The van der Waals surface area contributed by atoms with Gasteiger partial charge in [-0.1, -0.05) is 18.7 Å². The van der Waals surface area contributed by atoms with Crippen LogP contribution in [0.2, 0.25) is 0 Å². The van der Waals surface area contributed by atoms with Gasteiger partial charge in [0, 0.05) is 9.79 Å². The summed E-state index contributed by atoms with van der Waals surface area (Å²) in [5.41, 5.74) is 2.32. The third kappa shape index (κ3) is 3.65. The summed E-state index contributed by atoms with van der Waals surface area (Å²) in [7, 11) is 1.38. The number of aryl methyl sites for hydroxylation is 1. The minimum atomic E-state index is -0.320. The summed E-state index contributed by atoms with van der Waals surface area (Å²) in [6, 6.07) is 15.2. The number of hydrogen-bond donors (Lipinski definition) is 0. The number of esters is 1. The van der Waals surface area contributed by atoms with Gasteiger partial charge >= 0.3 is 5.97 Å². The van der Waals surface area contributed by atoms with E-state index >= 15 is 0 Å². The van der Waals surface area contributed by atoms with Gasteiger partial charge in [-0.15, -0.1) is 0 Å². The summed E-state index contributed by atoms with van der Waals surface area (Å²) >= 11 is 1.62. The molecule has 0 heterocycles. The molecule has 2 aromatic rings. The van der Waals surface area contributed by atoms with Crippen LogP contribution in [-0.2, 0) is 11.2 Å². The zero-order valence-corrected chi connectivity index (χ0v) is 12.7. The maximum absolute atomic E-state index is 11.6. The third-order valence-corrected chi connectivity index (χ3v) is 4.20. The predicted molar refractivity (Wildman–Crippen MR) is 82.4 cm³/mol. The minimum Gasteiger partial charge on any atom is -0.465 e. The Labute approximate surface area is 128 Å². The molecule has 21 heavy (non-hydrogen) atoms. The van der Waals surface area contributed by atoms with Gasteiger partial charge in [-0.25, -0.2) is 4.79 Å². The molecular weight excluding hydrogens is 282 g/mol. The third-order valence-electron chi connectivity index (χ3n) is 3.07. The smallest absolute Gasteiger partial charge is 0.337 e. The van der Waals surface area contributed by atoms with E-state index in [-0.39, 0.29) is 5.97 Å². The van der Waals surface area contributed by atoms with Crippen LogP contribution < -0.4 is 0 Å². The van der Waals surface area contributed by atoms with E-state index in [9.17, 15) is 4.79 Å². The molecule has 0 saturated heterocycles. The molecule has 0 aromatic heterocycles. The molecule has 0 spiro atoms. The molecule has 2 aromatic carbocycles. The average Bonchev–Trinajstić information content (AvgIpc) is 2.55. The molecule has 0 aliphatic carbocycles. The van der Waals surface area contributed by atoms with Crippen molar-refractivity contribution in [3.63, 3.8) is 0 Å². The monoisotopic (exact) mass is 297 g/mol. The van der Waals surface area contributed by atoms with E-state index in [2.05, 4.69) is 13.0 Å². The molecule has 4 heteroatoms. The summed E-state index contributed by atoms with van der Waals surface area (Å²) in [5, 5.41) is 8.81. The van der Waals surface area contributed by atoms with E-state index in [4.69, 9.17) is 10.00 Å². The van der Waals surface area contributed by atoms with Crippen LogP contribution in [0.1, 0.15) is 28.4 Å². The van der Waals surface area contributed by atoms with Gasteiger partial charge in [0.25, 0.3) is 0 Å². The van der Waals surface area contributed by atoms with Crippen LogP contribution in [0.5, 0.6) is 0 Å². The lowest BCUT2D eigenvalue weighted by atomic mass is 10.1. The SMILES string of the molecule is CCc1cc(C(=O)OC)ccc1Sc1ccc(C#N)cc1. The van der Waals surface area contributed by atoms with Crippen molar-refractivity contribution >= 4 is 17.7 Å². The molecule has 0 amide bonds. The standard InChI is InChI=1S/C17H15NO2S/c1-3-13-10-14(17(19)20-2)6-9-16(13)21-15-7-4-12(11-18)5-8-15/h4-10H,3H2,1-2H3. The summed E-state index contributed by atoms with van der Waals surface area (Å²) < 4.78 is 4.74. The molecule has 2 rings (SSSR count). The largest absolute Gasteiger partial charge is 0.465 e. The zero-order valence-electron chi connectivity index (χ0n) is 11.9. The molecular formula is C17H15NO2S. The number of rotatable bonds is 4. The first-order valence-corrected chi connectivity index (χ1v) is 7.38. The van der Waals surface area contributed by atoms with Gasteiger partial charge in [-0.3, -0.25) is 0 Å². The maximum Gasteiger partial charge on any atom is 0.337 e. The second-order valence-electron chi connectivity index (χ2n) is 4.41. The molecule has 0 aliphatic rings. The van der Waals surface area contributed by atoms with Gasteiger partial charge in [0.1, 0.15) is 0 Å². The molecule has 0 unspecified atom stereocenters. The highest BCUT2D eigenvalue weighted by Crippen LogP contribution is 2.31. The zero-order chi connectivity index (χ0) is 15.2. The van der Waals surface area contributed by atoms with Gasteiger partial charge in [-0.05, 0) is 54.4 Å². The van der Waals surface area contributed by atoms with Crippen LogP contribution in [0.25, 0.3) is 0 Å². The van der Waals surface area contributed by atoms with Crippen molar-refractivity contribution in [3.8, 4) is 6.07 Å². The Morgan fingerprint density at radius 3 is 2.52 bits per heavy atom. The van der Waals surface area contributed by atoms with Crippen molar-refractivity contribution in [2.45, 2.75) is 23.1 Å². The molecule has 106 valence electrons. The normalized spacial score (nSPS) is 9.95.